The van der Waals surface area contributed by atoms with Crippen molar-refractivity contribution >= 4 is 0 Å². The highest BCUT2D eigenvalue weighted by molar-refractivity contribution is 5.28. The molecule has 1 aliphatic carbocycles. The van der Waals surface area contributed by atoms with Crippen LogP contribution in [0, 0.1) is 22.7 Å². The molecule has 4 heteroatoms. The number of nitrogens with zero attached hydrogens (tertiary/aromatic N) is 1. The molecular formula is C17H21F2NO. The van der Waals surface area contributed by atoms with E-state index >= 15 is 0 Å². The van der Waals surface area contributed by atoms with Gasteiger partial charge in [-0.3, -0.25) is 0 Å². The molecular weight excluding hydrogens is 272 g/mol. The molecule has 0 radical (unpaired) electrons. The number of hydrogen-bond acceptors (Lipinski definition) is 2. The van der Waals surface area contributed by atoms with Gasteiger partial charge in [-0.05, 0) is 37.2 Å². The molecule has 1 saturated carbocycles. The Bertz CT molecular complexity index is 499. The normalized spacial score (nSPS) is 27.3. The van der Waals surface area contributed by atoms with E-state index in [1.165, 1.54) is 24.3 Å². The zero-order valence-corrected chi connectivity index (χ0v) is 12.2. The van der Waals surface area contributed by atoms with Crippen LogP contribution in [0.2, 0.25) is 0 Å². The van der Waals surface area contributed by atoms with Crippen molar-refractivity contribution in [3.63, 3.8) is 0 Å². The lowest BCUT2D eigenvalue weighted by atomic mass is 9.66. The van der Waals surface area contributed by atoms with Gasteiger partial charge in [0.15, 0.2) is 0 Å². The van der Waals surface area contributed by atoms with Crippen molar-refractivity contribution in [2.75, 3.05) is 0 Å². The predicted molar refractivity (Wildman–Crippen MR) is 76.7 cm³/mol. The van der Waals surface area contributed by atoms with Gasteiger partial charge in [-0.15, -0.1) is 0 Å². The van der Waals surface area contributed by atoms with Crippen LogP contribution in [0.4, 0.5) is 8.78 Å². The minimum atomic E-state index is -2.51. The molecule has 1 N–H and O–H groups in total. The Morgan fingerprint density at radius 3 is 2.19 bits per heavy atom. The van der Waals surface area contributed by atoms with Gasteiger partial charge in [-0.25, -0.2) is 8.78 Å². The Kier molecular flexibility index (Phi) is 4.95. The molecule has 1 fully saturated rings. The van der Waals surface area contributed by atoms with Crippen molar-refractivity contribution < 1.29 is 13.9 Å². The maximum absolute atomic E-state index is 12.6. The first kappa shape index (κ1) is 15.9. The Balaban J connectivity index is 2.17. The number of rotatable bonds is 4. The van der Waals surface area contributed by atoms with Crippen LogP contribution in [0.1, 0.15) is 62.7 Å². The molecule has 1 aromatic rings. The fourth-order valence-electron chi connectivity index (χ4n) is 3.19. The standard InChI is InChI=1S/C17H21F2NO/c1-2-12-7-9-17(11-20,10-8-12)15(21)13-3-5-14(6-4-13)16(18)19/h3-6,12,15-16,21H,2,7-10H2,1H3. The van der Waals surface area contributed by atoms with Crippen molar-refractivity contribution in [3.05, 3.63) is 35.4 Å². The zero-order valence-electron chi connectivity index (χ0n) is 12.2. The average Bonchev–Trinajstić information content (AvgIpc) is 2.54. The Morgan fingerprint density at radius 1 is 1.24 bits per heavy atom. The number of nitriles is 1. The fourth-order valence-corrected chi connectivity index (χ4v) is 3.19. The van der Waals surface area contributed by atoms with Crippen molar-refractivity contribution in [2.45, 2.75) is 51.6 Å². The summed E-state index contributed by atoms with van der Waals surface area (Å²) in [5.41, 5.74) is -0.291. The number of hydrogen-bond donors (Lipinski definition) is 1. The zero-order chi connectivity index (χ0) is 15.5. The summed E-state index contributed by atoms with van der Waals surface area (Å²) in [5, 5.41) is 20.1. The van der Waals surface area contributed by atoms with Crippen molar-refractivity contribution in [2.24, 2.45) is 11.3 Å². The van der Waals surface area contributed by atoms with E-state index in [2.05, 4.69) is 13.0 Å². The van der Waals surface area contributed by atoms with E-state index < -0.39 is 17.9 Å². The largest absolute Gasteiger partial charge is 0.387 e. The van der Waals surface area contributed by atoms with E-state index in [0.717, 1.165) is 19.3 Å². The van der Waals surface area contributed by atoms with Crippen molar-refractivity contribution in [1.29, 1.82) is 5.26 Å². The van der Waals surface area contributed by atoms with Gasteiger partial charge < -0.3 is 5.11 Å². The highest BCUT2D eigenvalue weighted by Crippen LogP contribution is 2.47. The second-order valence-electron chi connectivity index (χ2n) is 5.99. The van der Waals surface area contributed by atoms with Crippen LogP contribution in [-0.4, -0.2) is 5.11 Å². The quantitative estimate of drug-likeness (QED) is 0.869. The molecule has 0 aromatic heterocycles. The van der Waals surface area contributed by atoms with Gasteiger partial charge in [0, 0.05) is 5.56 Å². The van der Waals surface area contributed by atoms with Gasteiger partial charge in [0.2, 0.25) is 0 Å². The summed E-state index contributed by atoms with van der Waals surface area (Å²) in [6, 6.07) is 7.97. The predicted octanol–water partition coefficient (Wildman–Crippen LogP) is 4.77. The lowest BCUT2D eigenvalue weighted by Gasteiger charge is -2.38. The number of aliphatic hydroxyl groups excluding tert-OH is 1. The van der Waals surface area contributed by atoms with Gasteiger partial charge in [0.1, 0.15) is 0 Å². The Labute approximate surface area is 124 Å². The summed E-state index contributed by atoms with van der Waals surface area (Å²) in [6.45, 7) is 2.14. The fraction of sp³-hybridized carbons (Fsp3) is 0.588. The van der Waals surface area contributed by atoms with E-state index in [9.17, 15) is 19.1 Å². The average molecular weight is 293 g/mol. The first-order chi connectivity index (χ1) is 10.0. The lowest BCUT2D eigenvalue weighted by molar-refractivity contribution is 0.0242. The summed E-state index contributed by atoms with van der Waals surface area (Å²) in [7, 11) is 0. The van der Waals surface area contributed by atoms with Crippen molar-refractivity contribution in [1.82, 2.24) is 0 Å². The topological polar surface area (TPSA) is 44.0 Å². The van der Waals surface area contributed by atoms with Gasteiger partial charge in [0.25, 0.3) is 6.43 Å². The lowest BCUT2D eigenvalue weighted by Crippen LogP contribution is -2.32. The highest BCUT2D eigenvalue weighted by Gasteiger charge is 2.42. The monoisotopic (exact) mass is 293 g/mol. The Morgan fingerprint density at radius 2 is 1.76 bits per heavy atom. The molecule has 1 aromatic carbocycles. The number of halogens is 2. The summed E-state index contributed by atoms with van der Waals surface area (Å²) in [5.74, 6) is 0.625. The smallest absolute Gasteiger partial charge is 0.263 e. The van der Waals surface area contributed by atoms with Crippen LogP contribution in [-0.2, 0) is 0 Å². The van der Waals surface area contributed by atoms with Crippen LogP contribution in [0.25, 0.3) is 0 Å². The maximum atomic E-state index is 12.6. The van der Waals surface area contributed by atoms with Crippen LogP contribution >= 0.6 is 0 Å². The molecule has 0 spiro atoms. The molecule has 2 rings (SSSR count). The third kappa shape index (κ3) is 3.24. The molecule has 1 atom stereocenters. The van der Waals surface area contributed by atoms with E-state index in [1.807, 2.05) is 0 Å². The first-order valence-corrected chi connectivity index (χ1v) is 7.49. The molecule has 0 aliphatic heterocycles. The summed E-state index contributed by atoms with van der Waals surface area (Å²) < 4.78 is 25.1. The molecule has 1 unspecified atom stereocenters. The third-order valence-corrected chi connectivity index (χ3v) is 4.83. The molecule has 0 heterocycles. The van der Waals surface area contributed by atoms with E-state index in [-0.39, 0.29) is 5.56 Å². The third-order valence-electron chi connectivity index (χ3n) is 4.83. The van der Waals surface area contributed by atoms with Crippen LogP contribution in [0.15, 0.2) is 24.3 Å². The SMILES string of the molecule is CCC1CCC(C#N)(C(O)c2ccc(C(F)F)cc2)CC1. The van der Waals surface area contributed by atoms with Crippen LogP contribution < -0.4 is 0 Å². The molecule has 2 nitrogen and oxygen atoms in total. The minimum absolute atomic E-state index is 0.0633. The summed E-state index contributed by atoms with van der Waals surface area (Å²) >= 11 is 0. The molecule has 1 aliphatic rings. The second-order valence-corrected chi connectivity index (χ2v) is 5.99. The molecule has 0 bridgehead atoms. The molecule has 21 heavy (non-hydrogen) atoms. The van der Waals surface area contributed by atoms with Gasteiger partial charge in [-0.1, -0.05) is 37.6 Å². The Hall–Kier alpha value is -1.47. The van der Waals surface area contributed by atoms with Gasteiger partial charge >= 0.3 is 0 Å². The van der Waals surface area contributed by atoms with Crippen molar-refractivity contribution in [3.8, 4) is 6.07 Å². The molecule has 0 amide bonds. The minimum Gasteiger partial charge on any atom is -0.387 e. The van der Waals surface area contributed by atoms with Gasteiger partial charge in [0.05, 0.1) is 17.6 Å². The van der Waals surface area contributed by atoms with E-state index in [1.54, 1.807) is 0 Å². The molecule has 0 saturated heterocycles. The summed E-state index contributed by atoms with van der Waals surface area (Å²) in [4.78, 5) is 0. The molecule has 114 valence electrons. The van der Waals surface area contributed by atoms with Gasteiger partial charge in [-0.2, -0.15) is 5.26 Å². The summed E-state index contributed by atoms with van der Waals surface area (Å²) in [6.07, 6.45) is 0.889. The number of alkyl halides is 2. The maximum Gasteiger partial charge on any atom is 0.263 e. The van der Waals surface area contributed by atoms with Crippen LogP contribution in [0.3, 0.4) is 0 Å². The number of benzene rings is 1. The number of aliphatic hydroxyl groups is 1. The van der Waals surface area contributed by atoms with E-state index in [4.69, 9.17) is 0 Å². The second kappa shape index (κ2) is 6.53. The first-order valence-electron chi connectivity index (χ1n) is 7.49. The highest BCUT2D eigenvalue weighted by atomic mass is 19.3. The van der Waals surface area contributed by atoms with E-state index in [0.29, 0.717) is 24.3 Å². The van der Waals surface area contributed by atoms with Crippen LogP contribution in [0.5, 0.6) is 0 Å².